The molecule has 3 heteroatoms. The normalized spacial score (nSPS) is 23.2. The van der Waals surface area contributed by atoms with Crippen molar-refractivity contribution in [3.8, 4) is 0 Å². The standard InChI is InChI=1S/C9H15N2P/c1-9(2)5-3-4-7(8(10)12)11-6-9/h3-6,8H,10,12H2,1-2H3. The molecule has 0 aromatic rings. The Morgan fingerprint density at radius 2 is 2.25 bits per heavy atom. The topological polar surface area (TPSA) is 38.4 Å². The van der Waals surface area contributed by atoms with E-state index in [0.717, 1.165) is 5.70 Å². The van der Waals surface area contributed by atoms with E-state index in [0.29, 0.717) is 0 Å². The van der Waals surface area contributed by atoms with Gasteiger partial charge < -0.3 is 5.73 Å². The first-order valence-corrected chi connectivity index (χ1v) is 4.64. The molecule has 12 heavy (non-hydrogen) atoms. The van der Waals surface area contributed by atoms with E-state index < -0.39 is 0 Å². The zero-order chi connectivity index (χ0) is 9.19. The van der Waals surface area contributed by atoms with Crippen LogP contribution in [0.4, 0.5) is 0 Å². The molecule has 0 saturated heterocycles. The third-order valence-electron chi connectivity index (χ3n) is 1.68. The van der Waals surface area contributed by atoms with Crippen LogP contribution in [0, 0.1) is 5.41 Å². The highest BCUT2D eigenvalue weighted by molar-refractivity contribution is 7.17. The minimum Gasteiger partial charge on any atom is -0.320 e. The van der Waals surface area contributed by atoms with Gasteiger partial charge in [-0.3, -0.25) is 4.99 Å². The minimum atomic E-state index is -0.0696. The number of hydrogen-bond acceptors (Lipinski definition) is 2. The highest BCUT2D eigenvalue weighted by atomic mass is 31.0. The quantitative estimate of drug-likeness (QED) is 0.616. The summed E-state index contributed by atoms with van der Waals surface area (Å²) in [5, 5.41) is 0. The fraction of sp³-hybridized carbons (Fsp3) is 0.444. The van der Waals surface area contributed by atoms with Crippen LogP contribution in [-0.4, -0.2) is 12.0 Å². The maximum Gasteiger partial charge on any atom is 0.0612 e. The average Bonchev–Trinajstić information content (AvgIpc) is 2.10. The van der Waals surface area contributed by atoms with E-state index in [-0.39, 0.29) is 11.2 Å². The monoisotopic (exact) mass is 182 g/mol. The molecular formula is C9H15N2P. The molecule has 66 valence electrons. The zero-order valence-corrected chi connectivity index (χ0v) is 8.64. The van der Waals surface area contributed by atoms with Crippen LogP contribution < -0.4 is 5.73 Å². The fourth-order valence-corrected chi connectivity index (χ4v) is 1.12. The summed E-state index contributed by atoms with van der Waals surface area (Å²) in [6, 6.07) is 0. The zero-order valence-electron chi connectivity index (χ0n) is 7.49. The summed E-state index contributed by atoms with van der Waals surface area (Å²) in [4.78, 5) is 4.30. The van der Waals surface area contributed by atoms with E-state index in [4.69, 9.17) is 5.73 Å². The van der Waals surface area contributed by atoms with Crippen LogP contribution in [0.15, 0.2) is 28.9 Å². The van der Waals surface area contributed by atoms with Crippen molar-refractivity contribution >= 4 is 15.5 Å². The molecule has 0 radical (unpaired) electrons. The van der Waals surface area contributed by atoms with Crippen LogP contribution in [0.5, 0.6) is 0 Å². The van der Waals surface area contributed by atoms with Crippen molar-refractivity contribution < 1.29 is 0 Å². The van der Waals surface area contributed by atoms with Crippen molar-refractivity contribution in [3.63, 3.8) is 0 Å². The van der Waals surface area contributed by atoms with Gasteiger partial charge in [-0.1, -0.05) is 26.0 Å². The molecule has 2 N–H and O–H groups in total. The highest BCUT2D eigenvalue weighted by Gasteiger charge is 2.12. The Balaban J connectivity index is 2.86. The predicted octanol–water partition coefficient (Wildman–Crippen LogP) is 1.70. The minimum absolute atomic E-state index is 0.0395. The predicted molar refractivity (Wildman–Crippen MR) is 57.2 cm³/mol. The smallest absolute Gasteiger partial charge is 0.0612 e. The molecule has 1 rings (SSSR count). The Bertz CT molecular complexity index is 249. The van der Waals surface area contributed by atoms with Crippen LogP contribution in [0.2, 0.25) is 0 Å². The summed E-state index contributed by atoms with van der Waals surface area (Å²) >= 11 is 0. The lowest BCUT2D eigenvalue weighted by Gasteiger charge is -2.11. The van der Waals surface area contributed by atoms with Crippen LogP contribution in [0.3, 0.4) is 0 Å². The first kappa shape index (κ1) is 9.63. The van der Waals surface area contributed by atoms with Crippen molar-refractivity contribution in [2.75, 3.05) is 0 Å². The summed E-state index contributed by atoms with van der Waals surface area (Å²) in [6.07, 6.45) is 7.98. The van der Waals surface area contributed by atoms with Crippen molar-refractivity contribution in [1.29, 1.82) is 0 Å². The second-order valence-electron chi connectivity index (χ2n) is 3.56. The van der Waals surface area contributed by atoms with E-state index in [1.54, 1.807) is 0 Å². The van der Waals surface area contributed by atoms with Gasteiger partial charge >= 0.3 is 0 Å². The Labute approximate surface area is 75.8 Å². The van der Waals surface area contributed by atoms with Crippen LogP contribution >= 0.6 is 9.24 Å². The van der Waals surface area contributed by atoms with Crippen LogP contribution in [0.25, 0.3) is 0 Å². The van der Waals surface area contributed by atoms with Gasteiger partial charge in [-0.15, -0.1) is 9.24 Å². The number of aliphatic imine (C=N–C) groups is 1. The van der Waals surface area contributed by atoms with Gasteiger partial charge in [0, 0.05) is 11.6 Å². The summed E-state index contributed by atoms with van der Waals surface area (Å²) in [5.74, 6) is -0.0696. The second-order valence-corrected chi connectivity index (χ2v) is 4.27. The first-order chi connectivity index (χ1) is 5.51. The molecule has 1 aliphatic rings. The lowest BCUT2D eigenvalue weighted by molar-refractivity contribution is 0.694. The number of nitrogens with two attached hydrogens (primary N) is 1. The number of hydrogen-bond donors (Lipinski definition) is 1. The molecule has 0 amide bonds. The fourth-order valence-electron chi connectivity index (χ4n) is 0.919. The maximum atomic E-state index is 5.67. The first-order valence-electron chi connectivity index (χ1n) is 3.97. The molecular weight excluding hydrogens is 167 g/mol. The molecule has 2 atom stereocenters. The lowest BCUT2D eigenvalue weighted by atomic mass is 9.95. The molecule has 0 aliphatic carbocycles. The molecule has 1 heterocycles. The summed E-state index contributed by atoms with van der Waals surface area (Å²) < 4.78 is 0. The largest absolute Gasteiger partial charge is 0.320 e. The van der Waals surface area contributed by atoms with Gasteiger partial charge in [-0.2, -0.15) is 0 Å². The molecule has 0 saturated carbocycles. The Morgan fingerprint density at radius 1 is 1.58 bits per heavy atom. The average molecular weight is 182 g/mol. The molecule has 2 nitrogen and oxygen atoms in total. The molecule has 0 aromatic carbocycles. The van der Waals surface area contributed by atoms with Gasteiger partial charge in [0.2, 0.25) is 0 Å². The van der Waals surface area contributed by atoms with Crippen molar-refractivity contribution in [2.24, 2.45) is 16.1 Å². The molecule has 0 spiro atoms. The van der Waals surface area contributed by atoms with E-state index >= 15 is 0 Å². The summed E-state index contributed by atoms with van der Waals surface area (Å²) in [5.41, 5.74) is 6.62. The van der Waals surface area contributed by atoms with Crippen molar-refractivity contribution in [3.05, 3.63) is 23.9 Å². The highest BCUT2D eigenvalue weighted by Crippen LogP contribution is 2.19. The van der Waals surface area contributed by atoms with Gasteiger partial charge in [0.15, 0.2) is 0 Å². The van der Waals surface area contributed by atoms with E-state index in [1.807, 2.05) is 18.4 Å². The maximum absolute atomic E-state index is 5.67. The Kier molecular flexibility index (Phi) is 2.81. The van der Waals surface area contributed by atoms with Gasteiger partial charge in [0.05, 0.1) is 11.5 Å². The van der Waals surface area contributed by atoms with Gasteiger partial charge in [0.1, 0.15) is 0 Å². The SMILES string of the molecule is CC1(C)C=CC=C(C(N)P)N=C1. The second kappa shape index (κ2) is 3.51. The molecule has 1 aliphatic heterocycles. The Hall–Kier alpha value is -0.460. The summed E-state index contributed by atoms with van der Waals surface area (Å²) in [6.45, 7) is 4.22. The lowest BCUT2D eigenvalue weighted by Crippen LogP contribution is -2.14. The third-order valence-corrected chi connectivity index (χ3v) is 2.02. The number of rotatable bonds is 1. The molecule has 2 unspecified atom stereocenters. The third kappa shape index (κ3) is 2.54. The van der Waals surface area contributed by atoms with Gasteiger partial charge in [0.25, 0.3) is 0 Å². The van der Waals surface area contributed by atoms with Crippen molar-refractivity contribution in [2.45, 2.75) is 19.6 Å². The Morgan fingerprint density at radius 3 is 2.83 bits per heavy atom. The van der Waals surface area contributed by atoms with Crippen LogP contribution in [0.1, 0.15) is 13.8 Å². The molecule has 0 aromatic heterocycles. The van der Waals surface area contributed by atoms with Gasteiger partial charge in [-0.05, 0) is 6.08 Å². The molecule has 0 bridgehead atoms. The van der Waals surface area contributed by atoms with Gasteiger partial charge in [-0.25, -0.2) is 0 Å². The van der Waals surface area contributed by atoms with E-state index in [9.17, 15) is 0 Å². The number of allylic oxidation sites excluding steroid dienone is 3. The van der Waals surface area contributed by atoms with E-state index in [1.165, 1.54) is 0 Å². The molecule has 0 fully saturated rings. The van der Waals surface area contributed by atoms with E-state index in [2.05, 4.69) is 34.2 Å². The van der Waals surface area contributed by atoms with Crippen molar-refractivity contribution in [1.82, 2.24) is 0 Å². The summed E-state index contributed by atoms with van der Waals surface area (Å²) in [7, 11) is 2.53. The number of nitrogens with zero attached hydrogens (tertiary/aromatic N) is 1. The van der Waals surface area contributed by atoms with Crippen LogP contribution in [-0.2, 0) is 0 Å².